The van der Waals surface area contributed by atoms with Crippen LogP contribution in [-0.2, 0) is 0 Å². The third-order valence-electron chi connectivity index (χ3n) is 3.92. The summed E-state index contributed by atoms with van der Waals surface area (Å²) in [5, 5.41) is 2.49. The predicted octanol–water partition coefficient (Wildman–Crippen LogP) is 5.58. The minimum absolute atomic E-state index is 0.212. The van der Waals surface area contributed by atoms with Crippen molar-refractivity contribution in [2.45, 2.75) is 5.50 Å². The standard InChI is InChI=1S/C19H14ClN/c20-19(14-8-2-1-3-9-14)21-17-12-6-4-10-15(17)16-11-5-7-13-18(16)21/h1-13,19H. The average Bonchev–Trinajstić information content (AvgIpc) is 2.90. The number of fused-ring (bicyclic) bond motifs is 3. The van der Waals surface area contributed by atoms with Crippen LogP contribution in [0.4, 0.5) is 0 Å². The number of hydrogen-bond donors (Lipinski definition) is 0. The molecule has 3 aromatic carbocycles. The molecule has 0 saturated carbocycles. The number of para-hydroxylation sites is 2. The van der Waals surface area contributed by atoms with Gasteiger partial charge in [-0.1, -0.05) is 78.3 Å². The lowest BCUT2D eigenvalue weighted by Crippen LogP contribution is -2.03. The van der Waals surface area contributed by atoms with E-state index in [4.69, 9.17) is 11.6 Å². The van der Waals surface area contributed by atoms with Crippen molar-refractivity contribution in [2.24, 2.45) is 0 Å². The molecule has 0 fully saturated rings. The lowest BCUT2D eigenvalue weighted by molar-refractivity contribution is 0.831. The maximum Gasteiger partial charge on any atom is 0.134 e. The Labute approximate surface area is 128 Å². The first-order chi connectivity index (χ1) is 10.4. The molecule has 1 aromatic heterocycles. The summed E-state index contributed by atoms with van der Waals surface area (Å²) in [4.78, 5) is 0. The molecular formula is C19H14ClN. The first-order valence-electron chi connectivity index (χ1n) is 7.03. The summed E-state index contributed by atoms with van der Waals surface area (Å²) in [5.41, 5.74) is 3.23. The molecule has 1 unspecified atom stereocenters. The molecule has 0 saturated heterocycles. The molecule has 1 nitrogen and oxygen atoms in total. The van der Waals surface area contributed by atoms with Gasteiger partial charge in [0, 0.05) is 10.8 Å². The van der Waals surface area contributed by atoms with E-state index in [2.05, 4.69) is 65.2 Å². The van der Waals surface area contributed by atoms with Gasteiger partial charge in [-0.15, -0.1) is 0 Å². The van der Waals surface area contributed by atoms with Gasteiger partial charge in [-0.05, 0) is 17.7 Å². The lowest BCUT2D eigenvalue weighted by Gasteiger charge is -2.15. The third-order valence-corrected chi connectivity index (χ3v) is 4.37. The van der Waals surface area contributed by atoms with E-state index in [9.17, 15) is 0 Å². The van der Waals surface area contributed by atoms with Gasteiger partial charge in [-0.3, -0.25) is 0 Å². The molecule has 0 aliphatic rings. The molecule has 2 heteroatoms. The second-order valence-electron chi connectivity index (χ2n) is 5.15. The number of halogens is 1. The number of alkyl halides is 1. The Hall–Kier alpha value is -2.25. The fourth-order valence-electron chi connectivity index (χ4n) is 2.96. The van der Waals surface area contributed by atoms with Gasteiger partial charge in [-0.25, -0.2) is 0 Å². The van der Waals surface area contributed by atoms with Crippen molar-refractivity contribution in [3.63, 3.8) is 0 Å². The van der Waals surface area contributed by atoms with Crippen LogP contribution in [0.15, 0.2) is 78.9 Å². The van der Waals surface area contributed by atoms with Gasteiger partial charge in [0.25, 0.3) is 0 Å². The summed E-state index contributed by atoms with van der Waals surface area (Å²) in [7, 11) is 0. The van der Waals surface area contributed by atoms with Crippen LogP contribution in [0.1, 0.15) is 11.1 Å². The molecule has 0 bridgehead atoms. The second-order valence-corrected chi connectivity index (χ2v) is 5.56. The number of benzene rings is 3. The van der Waals surface area contributed by atoms with Crippen LogP contribution in [0.3, 0.4) is 0 Å². The van der Waals surface area contributed by atoms with E-state index in [0.717, 1.165) is 5.56 Å². The molecule has 21 heavy (non-hydrogen) atoms. The number of rotatable bonds is 2. The maximum atomic E-state index is 6.79. The number of nitrogens with zero attached hydrogens (tertiary/aromatic N) is 1. The summed E-state index contributed by atoms with van der Waals surface area (Å²) in [6, 6.07) is 27.1. The molecule has 4 rings (SSSR count). The van der Waals surface area contributed by atoms with E-state index in [-0.39, 0.29) is 5.50 Å². The first-order valence-corrected chi connectivity index (χ1v) is 7.46. The first kappa shape index (κ1) is 12.5. The topological polar surface area (TPSA) is 4.93 Å². The van der Waals surface area contributed by atoms with Gasteiger partial charge in [0.1, 0.15) is 5.50 Å². The van der Waals surface area contributed by atoms with Crippen molar-refractivity contribution < 1.29 is 0 Å². The van der Waals surface area contributed by atoms with Gasteiger partial charge in [0.2, 0.25) is 0 Å². The number of aromatic nitrogens is 1. The van der Waals surface area contributed by atoms with Crippen LogP contribution < -0.4 is 0 Å². The highest BCUT2D eigenvalue weighted by Crippen LogP contribution is 2.35. The molecule has 0 aliphatic heterocycles. The summed E-state index contributed by atoms with van der Waals surface area (Å²) >= 11 is 6.79. The monoisotopic (exact) mass is 291 g/mol. The maximum absolute atomic E-state index is 6.79. The largest absolute Gasteiger partial charge is 0.319 e. The quantitative estimate of drug-likeness (QED) is 0.425. The zero-order valence-corrected chi connectivity index (χ0v) is 12.2. The van der Waals surface area contributed by atoms with Crippen molar-refractivity contribution in [3.8, 4) is 0 Å². The van der Waals surface area contributed by atoms with E-state index in [1.54, 1.807) is 0 Å². The minimum atomic E-state index is -0.212. The van der Waals surface area contributed by atoms with Crippen LogP contribution in [-0.4, -0.2) is 4.57 Å². The van der Waals surface area contributed by atoms with E-state index in [1.807, 2.05) is 18.2 Å². The Kier molecular flexibility index (Phi) is 2.94. The third kappa shape index (κ3) is 1.93. The smallest absolute Gasteiger partial charge is 0.134 e. The fraction of sp³-hybridized carbons (Fsp3) is 0.0526. The van der Waals surface area contributed by atoms with Gasteiger partial charge in [-0.2, -0.15) is 0 Å². The zero-order valence-electron chi connectivity index (χ0n) is 11.4. The van der Waals surface area contributed by atoms with E-state index in [1.165, 1.54) is 21.8 Å². The van der Waals surface area contributed by atoms with Gasteiger partial charge in [0.15, 0.2) is 0 Å². The van der Waals surface area contributed by atoms with Gasteiger partial charge < -0.3 is 4.57 Å². The van der Waals surface area contributed by atoms with Gasteiger partial charge in [0.05, 0.1) is 11.0 Å². The van der Waals surface area contributed by atoms with Crippen LogP contribution >= 0.6 is 11.6 Å². The summed E-state index contributed by atoms with van der Waals surface area (Å²) in [6.45, 7) is 0. The van der Waals surface area contributed by atoms with Crippen molar-refractivity contribution in [1.82, 2.24) is 4.57 Å². The molecule has 4 aromatic rings. The predicted molar refractivity (Wildman–Crippen MR) is 89.9 cm³/mol. The molecule has 0 spiro atoms. The molecule has 1 atom stereocenters. The summed E-state index contributed by atoms with van der Waals surface area (Å²) in [5.74, 6) is 0. The van der Waals surface area contributed by atoms with Crippen molar-refractivity contribution in [3.05, 3.63) is 84.4 Å². The summed E-state index contributed by atoms with van der Waals surface area (Å²) < 4.78 is 2.21. The highest BCUT2D eigenvalue weighted by atomic mass is 35.5. The van der Waals surface area contributed by atoms with Crippen LogP contribution in [0.5, 0.6) is 0 Å². The molecule has 102 valence electrons. The Morgan fingerprint density at radius 1 is 0.619 bits per heavy atom. The molecule has 1 heterocycles. The van der Waals surface area contributed by atoms with Crippen molar-refractivity contribution in [1.29, 1.82) is 0 Å². The fourth-order valence-corrected chi connectivity index (χ4v) is 3.31. The normalized spacial score (nSPS) is 12.8. The van der Waals surface area contributed by atoms with Crippen LogP contribution in [0.2, 0.25) is 0 Å². The van der Waals surface area contributed by atoms with Crippen molar-refractivity contribution >= 4 is 33.4 Å². The number of hydrogen-bond acceptors (Lipinski definition) is 0. The molecule has 0 radical (unpaired) electrons. The lowest BCUT2D eigenvalue weighted by atomic mass is 10.2. The summed E-state index contributed by atoms with van der Waals surface area (Å²) in [6.07, 6.45) is 0. The second kappa shape index (κ2) is 4.94. The van der Waals surface area contributed by atoms with E-state index in [0.29, 0.717) is 0 Å². The molecule has 0 aliphatic carbocycles. The Morgan fingerprint density at radius 2 is 1.10 bits per heavy atom. The highest BCUT2D eigenvalue weighted by Gasteiger charge is 2.17. The van der Waals surface area contributed by atoms with Crippen LogP contribution in [0.25, 0.3) is 21.8 Å². The highest BCUT2D eigenvalue weighted by molar-refractivity contribution is 6.22. The molecule has 0 amide bonds. The molecular weight excluding hydrogens is 278 g/mol. The molecule has 0 N–H and O–H groups in total. The minimum Gasteiger partial charge on any atom is -0.319 e. The Bertz CT molecular complexity index is 855. The van der Waals surface area contributed by atoms with E-state index >= 15 is 0 Å². The van der Waals surface area contributed by atoms with Crippen LogP contribution in [0, 0.1) is 0 Å². The average molecular weight is 292 g/mol. The zero-order chi connectivity index (χ0) is 14.2. The SMILES string of the molecule is ClC(c1ccccc1)n1c2ccccc2c2ccccc21. The van der Waals surface area contributed by atoms with E-state index < -0.39 is 0 Å². The van der Waals surface area contributed by atoms with Gasteiger partial charge >= 0.3 is 0 Å². The van der Waals surface area contributed by atoms with Crippen molar-refractivity contribution in [2.75, 3.05) is 0 Å². The Balaban J connectivity index is 2.06. The Morgan fingerprint density at radius 3 is 1.67 bits per heavy atom.